The van der Waals surface area contributed by atoms with Crippen molar-refractivity contribution >= 4 is 21.8 Å². The van der Waals surface area contributed by atoms with Crippen LogP contribution in [0.4, 0.5) is 0 Å². The van der Waals surface area contributed by atoms with Crippen LogP contribution in [0.15, 0.2) is 53.0 Å². The number of rotatable bonds is 6. The lowest BCUT2D eigenvalue weighted by Crippen LogP contribution is -2.24. The minimum absolute atomic E-state index is 0.0145. The maximum Gasteiger partial charge on any atom is 0.224 e. The van der Waals surface area contributed by atoms with E-state index in [1.165, 1.54) is 0 Å². The third kappa shape index (κ3) is 5.53. The molecule has 2 rings (SSSR count). The number of hydrogen-bond acceptors (Lipinski definition) is 2. The Morgan fingerprint density at radius 3 is 2.50 bits per heavy atom. The van der Waals surface area contributed by atoms with Crippen LogP contribution in [0.2, 0.25) is 0 Å². The molecule has 0 aliphatic heterocycles. The summed E-state index contributed by atoms with van der Waals surface area (Å²) in [4.78, 5) is 12.0. The van der Waals surface area contributed by atoms with Gasteiger partial charge in [0.15, 0.2) is 0 Å². The lowest BCUT2D eigenvalue weighted by molar-refractivity contribution is -0.120. The van der Waals surface area contributed by atoms with E-state index < -0.39 is 0 Å². The van der Waals surface area contributed by atoms with Gasteiger partial charge in [0.2, 0.25) is 5.91 Å². The maximum atomic E-state index is 12.0. The van der Waals surface area contributed by atoms with Gasteiger partial charge in [0.25, 0.3) is 0 Å². The molecule has 4 heteroatoms. The molecule has 2 aromatic rings. The average Bonchev–Trinajstić information content (AvgIpc) is 2.46. The summed E-state index contributed by atoms with van der Waals surface area (Å²) in [5.74, 6) is 0.861. The van der Waals surface area contributed by atoms with Gasteiger partial charge in [0.1, 0.15) is 5.75 Å². The van der Waals surface area contributed by atoms with Crippen molar-refractivity contribution < 1.29 is 9.53 Å². The number of hydrogen-bond donors (Lipinski definition) is 1. The monoisotopic (exact) mass is 361 g/mol. The highest BCUT2D eigenvalue weighted by molar-refractivity contribution is 9.10. The molecule has 0 atom stereocenters. The Balaban J connectivity index is 1.83. The SMILES string of the molecule is CC(C)Oc1ccc(CNC(=O)Cc2cccc(Br)c2)cc1. The van der Waals surface area contributed by atoms with Crippen molar-refractivity contribution in [3.05, 3.63) is 64.1 Å². The topological polar surface area (TPSA) is 38.3 Å². The first kappa shape index (κ1) is 16.6. The molecule has 1 amide bonds. The van der Waals surface area contributed by atoms with Gasteiger partial charge >= 0.3 is 0 Å². The van der Waals surface area contributed by atoms with E-state index >= 15 is 0 Å². The smallest absolute Gasteiger partial charge is 0.224 e. The Hall–Kier alpha value is -1.81. The summed E-state index contributed by atoms with van der Waals surface area (Å²) in [5.41, 5.74) is 2.05. The number of carbonyl (C=O) groups excluding carboxylic acids is 1. The number of benzene rings is 2. The summed E-state index contributed by atoms with van der Waals surface area (Å²) in [6, 6.07) is 15.6. The largest absolute Gasteiger partial charge is 0.491 e. The van der Waals surface area contributed by atoms with Gasteiger partial charge in [-0.15, -0.1) is 0 Å². The number of amides is 1. The van der Waals surface area contributed by atoms with Crippen LogP contribution in [0.25, 0.3) is 0 Å². The molecule has 0 aliphatic carbocycles. The molecule has 3 nitrogen and oxygen atoms in total. The number of halogens is 1. The van der Waals surface area contributed by atoms with Gasteiger partial charge in [-0.2, -0.15) is 0 Å². The van der Waals surface area contributed by atoms with Crippen molar-refractivity contribution in [3.8, 4) is 5.75 Å². The molecule has 1 N–H and O–H groups in total. The molecule has 0 fully saturated rings. The molecule has 0 unspecified atom stereocenters. The maximum absolute atomic E-state index is 12.0. The van der Waals surface area contributed by atoms with Crippen LogP contribution in [0, 0.1) is 0 Å². The first-order chi connectivity index (χ1) is 10.5. The lowest BCUT2D eigenvalue weighted by atomic mass is 10.1. The van der Waals surface area contributed by atoms with Crippen LogP contribution >= 0.6 is 15.9 Å². The molecular weight excluding hydrogens is 342 g/mol. The van der Waals surface area contributed by atoms with E-state index in [0.717, 1.165) is 21.3 Å². The third-order valence-electron chi connectivity index (χ3n) is 3.04. The van der Waals surface area contributed by atoms with E-state index in [1.54, 1.807) is 0 Å². The Bertz CT molecular complexity index is 623. The summed E-state index contributed by atoms with van der Waals surface area (Å²) in [6.45, 7) is 4.51. The highest BCUT2D eigenvalue weighted by atomic mass is 79.9. The molecule has 22 heavy (non-hydrogen) atoms. The van der Waals surface area contributed by atoms with E-state index in [-0.39, 0.29) is 12.0 Å². The van der Waals surface area contributed by atoms with Crippen LogP contribution < -0.4 is 10.1 Å². The molecule has 0 spiro atoms. The minimum Gasteiger partial charge on any atom is -0.491 e. The lowest BCUT2D eigenvalue weighted by Gasteiger charge is -2.10. The van der Waals surface area contributed by atoms with E-state index in [4.69, 9.17) is 4.74 Å². The molecule has 0 saturated carbocycles. The summed E-state index contributed by atoms with van der Waals surface area (Å²) in [7, 11) is 0. The van der Waals surface area contributed by atoms with E-state index in [9.17, 15) is 4.79 Å². The summed E-state index contributed by atoms with van der Waals surface area (Å²) in [6.07, 6.45) is 0.546. The Kier molecular flexibility index (Phi) is 6.01. The van der Waals surface area contributed by atoms with Crippen LogP contribution in [0.1, 0.15) is 25.0 Å². The van der Waals surface area contributed by atoms with E-state index in [2.05, 4.69) is 21.2 Å². The molecule has 0 aromatic heterocycles. The summed E-state index contributed by atoms with van der Waals surface area (Å²) in [5, 5.41) is 2.93. The first-order valence-corrected chi connectivity index (χ1v) is 8.09. The highest BCUT2D eigenvalue weighted by Crippen LogP contribution is 2.14. The number of ether oxygens (including phenoxy) is 1. The predicted molar refractivity (Wildman–Crippen MR) is 91.9 cm³/mol. The Morgan fingerprint density at radius 1 is 1.14 bits per heavy atom. The van der Waals surface area contributed by atoms with Gasteiger partial charge < -0.3 is 10.1 Å². The number of carbonyl (C=O) groups is 1. The van der Waals surface area contributed by atoms with Gasteiger partial charge in [-0.1, -0.05) is 40.2 Å². The zero-order valence-corrected chi connectivity index (χ0v) is 14.4. The van der Waals surface area contributed by atoms with Crippen LogP contribution in [-0.4, -0.2) is 12.0 Å². The van der Waals surface area contributed by atoms with Gasteiger partial charge in [0.05, 0.1) is 12.5 Å². The fraction of sp³-hybridized carbons (Fsp3) is 0.278. The summed E-state index contributed by atoms with van der Waals surface area (Å²) >= 11 is 3.41. The van der Waals surface area contributed by atoms with Gasteiger partial charge in [-0.25, -0.2) is 0 Å². The zero-order valence-electron chi connectivity index (χ0n) is 12.8. The Morgan fingerprint density at radius 2 is 1.86 bits per heavy atom. The summed E-state index contributed by atoms with van der Waals surface area (Å²) < 4.78 is 6.58. The second-order valence-corrected chi connectivity index (χ2v) is 6.31. The van der Waals surface area contributed by atoms with Crippen LogP contribution in [-0.2, 0) is 17.8 Å². The average molecular weight is 362 g/mol. The van der Waals surface area contributed by atoms with Crippen molar-refractivity contribution in [2.45, 2.75) is 32.9 Å². The molecule has 116 valence electrons. The van der Waals surface area contributed by atoms with Gasteiger partial charge in [0, 0.05) is 11.0 Å². The Labute approximate surface area is 139 Å². The third-order valence-corrected chi connectivity index (χ3v) is 3.53. The molecular formula is C18H20BrNO2. The van der Waals surface area contributed by atoms with Crippen molar-refractivity contribution in [1.29, 1.82) is 0 Å². The predicted octanol–water partition coefficient (Wildman–Crippen LogP) is 4.10. The molecule has 0 heterocycles. The molecule has 0 bridgehead atoms. The van der Waals surface area contributed by atoms with Crippen LogP contribution in [0.3, 0.4) is 0 Å². The second kappa shape index (κ2) is 7.99. The van der Waals surface area contributed by atoms with Crippen molar-refractivity contribution in [2.24, 2.45) is 0 Å². The standard InChI is InChI=1S/C18H20BrNO2/c1-13(2)22-17-8-6-14(7-9-17)12-20-18(21)11-15-4-3-5-16(19)10-15/h3-10,13H,11-12H2,1-2H3,(H,20,21). The fourth-order valence-corrected chi connectivity index (χ4v) is 2.50. The van der Waals surface area contributed by atoms with Gasteiger partial charge in [-0.3, -0.25) is 4.79 Å². The fourth-order valence-electron chi connectivity index (χ4n) is 2.05. The normalized spacial score (nSPS) is 10.5. The van der Waals surface area contributed by atoms with Crippen molar-refractivity contribution in [3.63, 3.8) is 0 Å². The molecule has 0 saturated heterocycles. The number of nitrogens with one attached hydrogen (secondary N) is 1. The molecule has 2 aromatic carbocycles. The highest BCUT2D eigenvalue weighted by Gasteiger charge is 2.04. The van der Waals surface area contributed by atoms with E-state index in [0.29, 0.717) is 13.0 Å². The van der Waals surface area contributed by atoms with Gasteiger partial charge in [-0.05, 0) is 49.2 Å². The zero-order chi connectivity index (χ0) is 15.9. The van der Waals surface area contributed by atoms with Crippen molar-refractivity contribution in [1.82, 2.24) is 5.32 Å². The van der Waals surface area contributed by atoms with E-state index in [1.807, 2.05) is 62.4 Å². The quantitative estimate of drug-likeness (QED) is 0.841. The molecule has 0 radical (unpaired) electrons. The first-order valence-electron chi connectivity index (χ1n) is 7.29. The molecule has 0 aliphatic rings. The second-order valence-electron chi connectivity index (χ2n) is 5.39. The van der Waals surface area contributed by atoms with Crippen LogP contribution in [0.5, 0.6) is 5.75 Å². The minimum atomic E-state index is 0.0145. The van der Waals surface area contributed by atoms with Crippen molar-refractivity contribution in [2.75, 3.05) is 0 Å².